The van der Waals surface area contributed by atoms with Crippen LogP contribution in [0.2, 0.25) is 0 Å². The van der Waals surface area contributed by atoms with Gasteiger partial charge < -0.3 is 4.90 Å². The number of ketones is 1. The molecular weight excluding hydrogens is 233 g/mol. The predicted molar refractivity (Wildman–Crippen MR) is 49.7 cm³/mol. The quantitative estimate of drug-likeness (QED) is 0.656. The second-order valence-corrected chi connectivity index (χ2v) is 3.46. The van der Waals surface area contributed by atoms with Gasteiger partial charge in [0.15, 0.2) is 16.8 Å². The van der Waals surface area contributed by atoms with Gasteiger partial charge in [0.1, 0.15) is 0 Å². The molecule has 0 aromatic heterocycles. The largest absolute Gasteiger partial charge is 0.433 e. The zero-order valence-electron chi connectivity index (χ0n) is 8.02. The Morgan fingerprint density at radius 2 is 2.07 bits per heavy atom. The van der Waals surface area contributed by atoms with Crippen LogP contribution in [0.5, 0.6) is 0 Å². The number of likely N-dealkylation sites (N-methyl/N-ethyl adjacent to an activating group) is 1. The van der Waals surface area contributed by atoms with Gasteiger partial charge in [-0.2, -0.15) is 13.2 Å². The number of nitrogens with zero attached hydrogens (tertiary/aromatic N) is 2. The van der Waals surface area contributed by atoms with Gasteiger partial charge in [0.25, 0.3) is 0 Å². The summed E-state index contributed by atoms with van der Waals surface area (Å²) in [6.45, 7) is 0.899. The van der Waals surface area contributed by atoms with Gasteiger partial charge in [-0.25, -0.2) is 4.99 Å². The lowest BCUT2D eigenvalue weighted by Crippen LogP contribution is -2.34. The summed E-state index contributed by atoms with van der Waals surface area (Å²) in [6, 6.07) is 0. The molecule has 0 unspecified atom stereocenters. The zero-order valence-corrected chi connectivity index (χ0v) is 8.78. The summed E-state index contributed by atoms with van der Waals surface area (Å²) in [5.41, 5.74) is -1.56. The number of alkyl halides is 3. The van der Waals surface area contributed by atoms with Crippen molar-refractivity contribution in [2.24, 2.45) is 4.99 Å². The molecular formula is C8H8ClF3N2O. The van der Waals surface area contributed by atoms with Crippen molar-refractivity contribution in [2.75, 3.05) is 13.6 Å². The fraction of sp³-hybridized carbons (Fsp3) is 0.500. The Morgan fingerprint density at radius 3 is 2.47 bits per heavy atom. The van der Waals surface area contributed by atoms with Crippen molar-refractivity contribution in [3.05, 3.63) is 11.3 Å². The molecule has 0 N–H and O–H groups in total. The van der Waals surface area contributed by atoms with Crippen molar-refractivity contribution in [1.82, 2.24) is 4.90 Å². The van der Waals surface area contributed by atoms with Crippen molar-refractivity contribution in [1.29, 1.82) is 0 Å². The molecule has 0 aromatic carbocycles. The Kier molecular flexibility index (Phi) is 3.08. The first-order valence-corrected chi connectivity index (χ1v) is 4.38. The number of hydrogen-bond donors (Lipinski definition) is 0. The second-order valence-electron chi connectivity index (χ2n) is 3.12. The molecule has 0 amide bonds. The van der Waals surface area contributed by atoms with E-state index in [0.29, 0.717) is 0 Å². The van der Waals surface area contributed by atoms with E-state index >= 15 is 0 Å². The normalized spacial score (nSPS) is 18.0. The SMILES string of the molecule is CC(=O)C1=C(C(F)(F)F)N=C(Cl)N(C)C1. The molecule has 3 nitrogen and oxygen atoms in total. The fourth-order valence-corrected chi connectivity index (χ4v) is 1.28. The van der Waals surface area contributed by atoms with Gasteiger partial charge in [-0.3, -0.25) is 4.79 Å². The van der Waals surface area contributed by atoms with Gasteiger partial charge in [-0.05, 0) is 18.5 Å². The van der Waals surface area contributed by atoms with E-state index in [1.54, 1.807) is 0 Å². The molecule has 0 aliphatic carbocycles. The van der Waals surface area contributed by atoms with Gasteiger partial charge in [-0.1, -0.05) is 0 Å². The molecule has 1 aliphatic heterocycles. The molecule has 7 heteroatoms. The second kappa shape index (κ2) is 3.84. The van der Waals surface area contributed by atoms with Crippen LogP contribution in [-0.4, -0.2) is 35.7 Å². The zero-order chi connectivity index (χ0) is 11.8. The maximum atomic E-state index is 12.5. The number of Topliss-reactive ketones (excluding diaryl/α,β-unsaturated/α-hetero) is 1. The first-order valence-electron chi connectivity index (χ1n) is 4.00. The molecule has 0 saturated carbocycles. The van der Waals surface area contributed by atoms with Crippen LogP contribution in [-0.2, 0) is 4.79 Å². The third-order valence-corrected chi connectivity index (χ3v) is 2.27. The highest BCUT2D eigenvalue weighted by molar-refractivity contribution is 6.64. The maximum Gasteiger partial charge on any atom is 0.433 e. The number of carbonyl (C=O) groups is 1. The van der Waals surface area contributed by atoms with Crippen molar-refractivity contribution in [3.63, 3.8) is 0 Å². The third kappa shape index (κ3) is 2.50. The van der Waals surface area contributed by atoms with E-state index in [-0.39, 0.29) is 17.4 Å². The average Bonchev–Trinajstić information content (AvgIpc) is 2.06. The molecule has 84 valence electrons. The number of carbonyl (C=O) groups excluding carboxylic acids is 1. The average molecular weight is 241 g/mol. The number of allylic oxidation sites excluding steroid dienone is 1. The molecule has 0 radical (unpaired) electrons. The smallest absolute Gasteiger partial charge is 0.345 e. The molecule has 0 bridgehead atoms. The lowest BCUT2D eigenvalue weighted by Gasteiger charge is -2.25. The van der Waals surface area contributed by atoms with Crippen LogP contribution < -0.4 is 0 Å². The van der Waals surface area contributed by atoms with E-state index in [1.165, 1.54) is 11.9 Å². The fourth-order valence-electron chi connectivity index (χ4n) is 1.13. The summed E-state index contributed by atoms with van der Waals surface area (Å²) in [4.78, 5) is 15.5. The first-order chi connectivity index (χ1) is 6.73. The van der Waals surface area contributed by atoms with E-state index in [4.69, 9.17) is 11.6 Å². The summed E-state index contributed by atoms with van der Waals surface area (Å²) in [5.74, 6) is -0.651. The van der Waals surface area contributed by atoms with Gasteiger partial charge in [0, 0.05) is 12.6 Å². The van der Waals surface area contributed by atoms with Gasteiger partial charge in [0.2, 0.25) is 0 Å². The Balaban J connectivity index is 3.26. The summed E-state index contributed by atoms with van der Waals surface area (Å²) in [7, 11) is 1.46. The molecule has 0 atom stereocenters. The summed E-state index contributed by atoms with van der Waals surface area (Å²) in [5, 5.41) is -0.271. The highest BCUT2D eigenvalue weighted by atomic mass is 35.5. The summed E-state index contributed by atoms with van der Waals surface area (Å²) >= 11 is 5.47. The molecule has 0 spiro atoms. The Hall–Kier alpha value is -1.04. The molecule has 1 aliphatic rings. The van der Waals surface area contributed by atoms with Crippen LogP contribution in [0.15, 0.2) is 16.3 Å². The van der Waals surface area contributed by atoms with E-state index in [9.17, 15) is 18.0 Å². The van der Waals surface area contributed by atoms with E-state index in [2.05, 4.69) is 4.99 Å². The van der Waals surface area contributed by atoms with Crippen LogP contribution in [0.25, 0.3) is 0 Å². The topological polar surface area (TPSA) is 32.7 Å². The standard InChI is InChI=1S/C8H8ClF3N2O/c1-4(15)5-3-14(2)7(9)13-6(5)8(10,11)12/h3H2,1-2H3. The van der Waals surface area contributed by atoms with Crippen molar-refractivity contribution < 1.29 is 18.0 Å². The lowest BCUT2D eigenvalue weighted by molar-refractivity contribution is -0.116. The minimum atomic E-state index is -4.65. The van der Waals surface area contributed by atoms with Crippen LogP contribution in [0.1, 0.15) is 6.92 Å². The molecule has 1 rings (SSSR count). The number of aliphatic imine (C=N–C) groups is 1. The van der Waals surface area contributed by atoms with Crippen LogP contribution >= 0.6 is 11.6 Å². The number of hydrogen-bond acceptors (Lipinski definition) is 3. The molecule has 1 heterocycles. The Bertz CT molecular complexity index is 359. The van der Waals surface area contributed by atoms with Crippen molar-refractivity contribution in [3.8, 4) is 0 Å². The highest BCUT2D eigenvalue weighted by Crippen LogP contribution is 2.32. The van der Waals surface area contributed by atoms with Gasteiger partial charge in [0.05, 0.1) is 6.54 Å². The lowest BCUT2D eigenvalue weighted by atomic mass is 10.1. The summed E-state index contributed by atoms with van der Waals surface area (Å²) < 4.78 is 37.4. The van der Waals surface area contributed by atoms with Crippen molar-refractivity contribution in [2.45, 2.75) is 13.1 Å². The van der Waals surface area contributed by atoms with E-state index < -0.39 is 17.7 Å². The highest BCUT2D eigenvalue weighted by Gasteiger charge is 2.40. The molecule has 0 fully saturated rings. The van der Waals surface area contributed by atoms with Crippen LogP contribution in [0, 0.1) is 0 Å². The van der Waals surface area contributed by atoms with E-state index in [1.807, 2.05) is 0 Å². The number of amidine groups is 1. The number of rotatable bonds is 1. The maximum absolute atomic E-state index is 12.5. The third-order valence-electron chi connectivity index (χ3n) is 1.89. The minimum absolute atomic E-state index is 0.174. The minimum Gasteiger partial charge on any atom is -0.345 e. The number of halogens is 4. The van der Waals surface area contributed by atoms with Crippen molar-refractivity contribution >= 4 is 22.7 Å². The first kappa shape index (κ1) is 12.0. The van der Waals surface area contributed by atoms with Crippen LogP contribution in [0.4, 0.5) is 13.2 Å². The Labute approximate surface area is 89.2 Å². The summed E-state index contributed by atoms with van der Waals surface area (Å²) in [6.07, 6.45) is -4.65. The molecule has 15 heavy (non-hydrogen) atoms. The predicted octanol–water partition coefficient (Wildman–Crippen LogP) is 1.93. The van der Waals surface area contributed by atoms with Gasteiger partial charge >= 0.3 is 6.18 Å². The molecule has 0 aromatic rings. The Morgan fingerprint density at radius 1 is 1.53 bits per heavy atom. The van der Waals surface area contributed by atoms with E-state index in [0.717, 1.165) is 6.92 Å². The van der Waals surface area contributed by atoms with Gasteiger partial charge in [-0.15, -0.1) is 0 Å². The molecule has 0 saturated heterocycles. The van der Waals surface area contributed by atoms with Crippen LogP contribution in [0.3, 0.4) is 0 Å². The monoisotopic (exact) mass is 240 g/mol.